The average molecular weight is 403 g/mol. The third-order valence-corrected chi connectivity index (χ3v) is 6.12. The van der Waals surface area contributed by atoms with E-state index in [0.717, 1.165) is 56.7 Å². The molecule has 0 unspecified atom stereocenters. The summed E-state index contributed by atoms with van der Waals surface area (Å²) in [7, 11) is 0. The van der Waals surface area contributed by atoms with E-state index in [4.69, 9.17) is 0 Å². The van der Waals surface area contributed by atoms with E-state index in [1.807, 2.05) is 4.90 Å². The van der Waals surface area contributed by atoms with Gasteiger partial charge in [0.1, 0.15) is 5.75 Å². The summed E-state index contributed by atoms with van der Waals surface area (Å²) in [6.45, 7) is 21.3. The zero-order valence-corrected chi connectivity index (χ0v) is 19.9. The second-order valence-corrected chi connectivity index (χ2v) is 10.6. The van der Waals surface area contributed by atoms with Gasteiger partial charge in [0.05, 0.1) is 5.92 Å². The van der Waals surface area contributed by atoms with E-state index in [9.17, 15) is 9.90 Å². The number of benzene rings is 1. The van der Waals surface area contributed by atoms with Gasteiger partial charge in [0, 0.05) is 26.2 Å². The Morgan fingerprint density at radius 3 is 2.03 bits per heavy atom. The molecule has 0 bridgehead atoms. The highest BCUT2D eigenvalue weighted by atomic mass is 16.3. The number of carbonyl (C=O) groups is 1. The van der Waals surface area contributed by atoms with E-state index >= 15 is 0 Å². The molecule has 0 radical (unpaired) electrons. The van der Waals surface area contributed by atoms with Crippen molar-refractivity contribution in [3.8, 4) is 5.75 Å². The van der Waals surface area contributed by atoms with Crippen LogP contribution in [0.1, 0.15) is 84.9 Å². The largest absolute Gasteiger partial charge is 0.507 e. The molecule has 29 heavy (non-hydrogen) atoms. The molecule has 0 aliphatic carbocycles. The summed E-state index contributed by atoms with van der Waals surface area (Å²) >= 11 is 0. The van der Waals surface area contributed by atoms with Crippen molar-refractivity contribution >= 4 is 5.91 Å². The van der Waals surface area contributed by atoms with Crippen LogP contribution in [0, 0.1) is 5.92 Å². The van der Waals surface area contributed by atoms with Gasteiger partial charge in [-0.1, -0.05) is 53.7 Å². The maximum Gasteiger partial charge on any atom is 0.226 e. The number of likely N-dealkylation sites (tertiary alicyclic amines) is 1. The minimum atomic E-state index is -0.122. The number of phenols is 1. The molecule has 1 saturated heterocycles. The van der Waals surface area contributed by atoms with E-state index < -0.39 is 0 Å². The first-order chi connectivity index (χ1) is 13.4. The van der Waals surface area contributed by atoms with Gasteiger partial charge in [-0.2, -0.15) is 0 Å². The quantitative estimate of drug-likeness (QED) is 0.748. The zero-order valence-electron chi connectivity index (χ0n) is 19.9. The maximum absolute atomic E-state index is 12.8. The predicted octanol–water partition coefficient (Wildman–Crippen LogP) is 5.07. The van der Waals surface area contributed by atoms with Crippen LogP contribution in [0.5, 0.6) is 5.75 Å². The third-order valence-electron chi connectivity index (χ3n) is 6.12. The monoisotopic (exact) mass is 402 g/mol. The molecule has 4 nitrogen and oxygen atoms in total. The molecule has 0 saturated carbocycles. The number of carbonyl (C=O) groups excluding carboxylic acids is 1. The highest BCUT2D eigenvalue weighted by Gasteiger charge is 2.30. The fourth-order valence-corrected chi connectivity index (χ4v) is 4.38. The van der Waals surface area contributed by atoms with Gasteiger partial charge in [0.2, 0.25) is 5.91 Å². The Labute approximate surface area is 178 Å². The zero-order chi connectivity index (χ0) is 22.0. The van der Waals surface area contributed by atoms with Crippen LogP contribution < -0.4 is 0 Å². The summed E-state index contributed by atoms with van der Waals surface area (Å²) in [5.74, 6) is 0.836. The molecule has 1 amide bonds. The van der Waals surface area contributed by atoms with Gasteiger partial charge < -0.3 is 10.0 Å². The summed E-state index contributed by atoms with van der Waals surface area (Å²) in [5, 5.41) is 11.0. The van der Waals surface area contributed by atoms with Crippen molar-refractivity contribution in [3.05, 3.63) is 28.8 Å². The molecule has 1 heterocycles. The van der Waals surface area contributed by atoms with Gasteiger partial charge in [0.25, 0.3) is 0 Å². The number of nitrogens with zero attached hydrogens (tertiary/aromatic N) is 2. The highest BCUT2D eigenvalue weighted by Crippen LogP contribution is 2.40. The first-order valence-electron chi connectivity index (χ1n) is 11.3. The van der Waals surface area contributed by atoms with E-state index in [1.54, 1.807) is 0 Å². The number of hydrogen-bond donors (Lipinski definition) is 1. The topological polar surface area (TPSA) is 43.8 Å². The first kappa shape index (κ1) is 23.7. The fourth-order valence-electron chi connectivity index (χ4n) is 4.38. The fraction of sp³-hybridized carbons (Fsp3) is 0.720. The van der Waals surface area contributed by atoms with Crippen LogP contribution in [0.2, 0.25) is 0 Å². The maximum atomic E-state index is 12.8. The van der Waals surface area contributed by atoms with Crippen molar-refractivity contribution < 1.29 is 9.90 Å². The molecular formula is C25H42N2O2. The minimum Gasteiger partial charge on any atom is -0.507 e. The highest BCUT2D eigenvalue weighted by molar-refractivity contribution is 5.79. The number of piperidine rings is 1. The number of hydrogen-bond acceptors (Lipinski definition) is 3. The van der Waals surface area contributed by atoms with Gasteiger partial charge in [-0.15, -0.1) is 0 Å². The van der Waals surface area contributed by atoms with Crippen LogP contribution in [0.3, 0.4) is 0 Å². The molecule has 1 fully saturated rings. The molecule has 1 aliphatic rings. The van der Waals surface area contributed by atoms with Crippen LogP contribution in [0.15, 0.2) is 12.1 Å². The van der Waals surface area contributed by atoms with Crippen molar-refractivity contribution in [1.29, 1.82) is 0 Å². The lowest BCUT2D eigenvalue weighted by molar-refractivity contribution is -0.137. The summed E-state index contributed by atoms with van der Waals surface area (Å²) in [6, 6.07) is 4.33. The van der Waals surface area contributed by atoms with E-state index in [0.29, 0.717) is 11.7 Å². The van der Waals surface area contributed by atoms with Crippen molar-refractivity contribution in [2.24, 2.45) is 5.92 Å². The standard InChI is InChI=1S/C25H42N2O2/c1-9-27(10-2)23(29)19-12-11-13-26(17-19)16-18-14-20(24(3,4)5)22(28)21(15-18)25(6,7)8/h14-15,19,28H,9-13,16-17H2,1-8H3/t19-/m1/s1. The second kappa shape index (κ2) is 9.07. The SMILES string of the molecule is CCN(CC)C(=O)[C@@H]1CCCN(Cc2cc(C(C)(C)C)c(O)c(C(C)(C)C)c2)C1. The Balaban J connectivity index is 2.28. The van der Waals surface area contributed by atoms with Crippen LogP contribution in [0.4, 0.5) is 0 Å². The van der Waals surface area contributed by atoms with Crippen molar-refractivity contribution in [3.63, 3.8) is 0 Å². The van der Waals surface area contributed by atoms with Crippen molar-refractivity contribution in [2.75, 3.05) is 26.2 Å². The lowest BCUT2D eigenvalue weighted by atomic mass is 9.78. The molecule has 0 spiro atoms. The predicted molar refractivity (Wildman–Crippen MR) is 121 cm³/mol. The molecule has 2 rings (SSSR count). The smallest absolute Gasteiger partial charge is 0.226 e. The van der Waals surface area contributed by atoms with E-state index in [2.05, 4.69) is 72.4 Å². The van der Waals surface area contributed by atoms with Gasteiger partial charge in [-0.05, 0) is 60.8 Å². The van der Waals surface area contributed by atoms with Gasteiger partial charge in [0.15, 0.2) is 0 Å². The van der Waals surface area contributed by atoms with Crippen LogP contribution in [-0.2, 0) is 22.2 Å². The lowest BCUT2D eigenvalue weighted by Crippen LogP contribution is -2.44. The van der Waals surface area contributed by atoms with Crippen LogP contribution >= 0.6 is 0 Å². The number of amides is 1. The average Bonchev–Trinajstić information content (AvgIpc) is 2.62. The molecule has 164 valence electrons. The molecule has 1 aliphatic heterocycles. The number of rotatable bonds is 5. The minimum absolute atomic E-state index is 0.102. The normalized spacial score (nSPS) is 18.7. The Morgan fingerprint density at radius 1 is 1.07 bits per heavy atom. The van der Waals surface area contributed by atoms with Crippen LogP contribution in [0.25, 0.3) is 0 Å². The molecular weight excluding hydrogens is 360 g/mol. The number of phenolic OH excluding ortho intramolecular Hbond substituents is 1. The molecule has 4 heteroatoms. The van der Waals surface area contributed by atoms with Crippen molar-refractivity contribution in [2.45, 2.75) is 85.6 Å². The lowest BCUT2D eigenvalue weighted by Gasteiger charge is -2.35. The third kappa shape index (κ3) is 5.75. The Hall–Kier alpha value is -1.55. The van der Waals surface area contributed by atoms with Gasteiger partial charge >= 0.3 is 0 Å². The van der Waals surface area contributed by atoms with Crippen molar-refractivity contribution in [1.82, 2.24) is 9.80 Å². The Bertz CT molecular complexity index is 674. The van der Waals surface area contributed by atoms with Gasteiger partial charge in [-0.25, -0.2) is 0 Å². The van der Waals surface area contributed by atoms with E-state index in [1.165, 1.54) is 5.56 Å². The van der Waals surface area contributed by atoms with Crippen LogP contribution in [-0.4, -0.2) is 47.0 Å². The summed E-state index contributed by atoms with van der Waals surface area (Å²) < 4.78 is 0. The summed E-state index contributed by atoms with van der Waals surface area (Å²) in [4.78, 5) is 17.2. The Morgan fingerprint density at radius 2 is 1.59 bits per heavy atom. The van der Waals surface area contributed by atoms with Gasteiger partial charge in [-0.3, -0.25) is 9.69 Å². The Kier molecular flexibility index (Phi) is 7.42. The molecule has 1 atom stereocenters. The molecule has 1 aromatic rings. The molecule has 0 aromatic heterocycles. The summed E-state index contributed by atoms with van der Waals surface area (Å²) in [6.07, 6.45) is 2.05. The summed E-state index contributed by atoms with van der Waals surface area (Å²) in [5.41, 5.74) is 3.00. The first-order valence-corrected chi connectivity index (χ1v) is 11.3. The second-order valence-electron chi connectivity index (χ2n) is 10.6. The number of aromatic hydroxyl groups is 1. The van der Waals surface area contributed by atoms with E-state index in [-0.39, 0.29) is 16.7 Å². The molecule has 1 N–H and O–H groups in total. The molecule has 1 aromatic carbocycles.